The average molecular weight is 330 g/mol. The summed E-state index contributed by atoms with van der Waals surface area (Å²) in [6.45, 7) is 4.37. The Kier molecular flexibility index (Phi) is 4.07. The first kappa shape index (κ1) is 16.5. The third kappa shape index (κ3) is 2.28. The number of rotatable bonds is 4. The Labute approximate surface area is 141 Å². The maximum atomic E-state index is 12.9. The largest absolute Gasteiger partial charge is 0.463 e. The lowest BCUT2D eigenvalue weighted by molar-refractivity contribution is -0.156. The molecule has 2 aliphatic heterocycles. The van der Waals surface area contributed by atoms with Gasteiger partial charge < -0.3 is 9.64 Å². The molecule has 1 unspecified atom stereocenters. The van der Waals surface area contributed by atoms with Gasteiger partial charge in [-0.3, -0.25) is 14.5 Å². The molecule has 0 radical (unpaired) electrons. The topological polar surface area (TPSA) is 66.9 Å². The van der Waals surface area contributed by atoms with Gasteiger partial charge in [0.15, 0.2) is 0 Å². The number of likely N-dealkylation sites (N-methyl/N-ethyl adjacent to an activating group) is 1. The zero-order valence-corrected chi connectivity index (χ0v) is 14.2. The zero-order valence-electron chi connectivity index (χ0n) is 14.2. The molecule has 3 rings (SSSR count). The van der Waals surface area contributed by atoms with E-state index in [1.807, 2.05) is 13.8 Å². The first-order valence-electron chi connectivity index (χ1n) is 8.27. The van der Waals surface area contributed by atoms with Crippen LogP contribution >= 0.6 is 0 Å². The number of esters is 1. The van der Waals surface area contributed by atoms with Crippen molar-refractivity contribution >= 4 is 23.5 Å². The van der Waals surface area contributed by atoms with E-state index >= 15 is 0 Å². The number of benzene rings is 1. The maximum Gasteiger partial charge on any atom is 0.353 e. The monoisotopic (exact) mass is 330 g/mol. The van der Waals surface area contributed by atoms with Gasteiger partial charge in [0.2, 0.25) is 11.6 Å². The molecule has 0 aromatic heterocycles. The number of ether oxygens (including phenoxy) is 1. The van der Waals surface area contributed by atoms with Crippen molar-refractivity contribution in [3.8, 4) is 0 Å². The molecule has 6 heteroatoms. The number of carbonyl (C=O) groups is 3. The van der Waals surface area contributed by atoms with Crippen LogP contribution in [-0.4, -0.2) is 42.0 Å². The van der Waals surface area contributed by atoms with Crippen LogP contribution in [0.1, 0.15) is 43.5 Å². The normalized spacial score (nSPS) is 22.7. The Balaban J connectivity index is 2.00. The second-order valence-corrected chi connectivity index (χ2v) is 6.75. The molecule has 128 valence electrons. The number of nitrogens with zero attached hydrogens (tertiary/aromatic N) is 2. The van der Waals surface area contributed by atoms with Gasteiger partial charge in [0.25, 0.3) is 5.91 Å². The van der Waals surface area contributed by atoms with Crippen LogP contribution < -0.4 is 4.90 Å². The van der Waals surface area contributed by atoms with Gasteiger partial charge in [0.1, 0.15) is 0 Å². The predicted octanol–water partition coefficient (Wildman–Crippen LogP) is 2.18. The SMILES string of the molecule is CC(C)CCOC(=O)C12CCC(=O)N1c1ccccc1C(=O)N2C. The number of anilines is 1. The van der Waals surface area contributed by atoms with Gasteiger partial charge in [-0.15, -0.1) is 0 Å². The third-order valence-electron chi connectivity index (χ3n) is 4.80. The van der Waals surface area contributed by atoms with Gasteiger partial charge in [0, 0.05) is 19.9 Å². The quantitative estimate of drug-likeness (QED) is 0.794. The highest BCUT2D eigenvalue weighted by Crippen LogP contribution is 2.44. The highest BCUT2D eigenvalue weighted by atomic mass is 16.5. The number of carbonyl (C=O) groups excluding carboxylic acids is 3. The first-order valence-corrected chi connectivity index (χ1v) is 8.27. The molecule has 0 N–H and O–H groups in total. The summed E-state index contributed by atoms with van der Waals surface area (Å²) in [5.41, 5.74) is -0.441. The van der Waals surface area contributed by atoms with Crippen molar-refractivity contribution in [2.24, 2.45) is 5.92 Å². The van der Waals surface area contributed by atoms with Crippen LogP contribution in [0.25, 0.3) is 0 Å². The summed E-state index contributed by atoms with van der Waals surface area (Å²) >= 11 is 0. The molecule has 6 nitrogen and oxygen atoms in total. The van der Waals surface area contributed by atoms with Crippen LogP contribution in [-0.2, 0) is 14.3 Å². The number of fused-ring (bicyclic) bond motifs is 3. The van der Waals surface area contributed by atoms with Gasteiger partial charge in [0.05, 0.1) is 17.9 Å². The van der Waals surface area contributed by atoms with Gasteiger partial charge in [-0.25, -0.2) is 4.79 Å². The van der Waals surface area contributed by atoms with Crippen molar-refractivity contribution < 1.29 is 19.1 Å². The molecule has 24 heavy (non-hydrogen) atoms. The van der Waals surface area contributed by atoms with Crippen LogP contribution in [0, 0.1) is 5.92 Å². The van der Waals surface area contributed by atoms with Crippen LogP contribution in [0.2, 0.25) is 0 Å². The standard InChI is InChI=1S/C18H22N2O4/c1-12(2)9-11-24-17(23)18-10-8-15(21)20(18)14-7-5-4-6-13(14)16(22)19(18)3/h4-7,12H,8-11H2,1-3H3. The van der Waals surface area contributed by atoms with E-state index in [1.165, 1.54) is 9.80 Å². The van der Waals surface area contributed by atoms with Crippen molar-refractivity contribution in [3.05, 3.63) is 29.8 Å². The molecule has 2 aliphatic rings. The van der Waals surface area contributed by atoms with Crippen LogP contribution in [0.4, 0.5) is 5.69 Å². The molecule has 1 saturated heterocycles. The highest BCUT2D eigenvalue weighted by Gasteiger charge is 2.60. The summed E-state index contributed by atoms with van der Waals surface area (Å²) < 4.78 is 5.45. The van der Waals surface area contributed by atoms with E-state index in [9.17, 15) is 14.4 Å². The number of hydrogen-bond acceptors (Lipinski definition) is 4. The van der Waals surface area contributed by atoms with Crippen molar-refractivity contribution in [1.82, 2.24) is 4.90 Å². The molecule has 1 aromatic carbocycles. The fourth-order valence-electron chi connectivity index (χ4n) is 3.39. The molecule has 1 fully saturated rings. The Morgan fingerprint density at radius 3 is 2.71 bits per heavy atom. The van der Waals surface area contributed by atoms with Gasteiger partial charge in [-0.2, -0.15) is 0 Å². The number of amides is 2. The van der Waals surface area contributed by atoms with E-state index in [4.69, 9.17) is 4.74 Å². The molecule has 1 atom stereocenters. The molecule has 0 bridgehead atoms. The van der Waals surface area contributed by atoms with Crippen LogP contribution in [0.3, 0.4) is 0 Å². The molecular weight excluding hydrogens is 308 g/mol. The average Bonchev–Trinajstić information content (AvgIpc) is 2.91. The van der Waals surface area contributed by atoms with E-state index < -0.39 is 11.6 Å². The Morgan fingerprint density at radius 2 is 2.00 bits per heavy atom. The lowest BCUT2D eigenvalue weighted by Crippen LogP contribution is -2.67. The second kappa shape index (κ2) is 5.92. The number of hydrogen-bond donors (Lipinski definition) is 0. The minimum absolute atomic E-state index is 0.164. The molecular formula is C18H22N2O4. The minimum Gasteiger partial charge on any atom is -0.463 e. The highest BCUT2D eigenvalue weighted by molar-refractivity contribution is 6.15. The van der Waals surface area contributed by atoms with Gasteiger partial charge >= 0.3 is 5.97 Å². The molecule has 0 saturated carbocycles. The summed E-state index contributed by atoms with van der Waals surface area (Å²) in [5.74, 6) is -0.553. The van der Waals surface area contributed by atoms with Crippen molar-refractivity contribution in [2.45, 2.75) is 38.8 Å². The summed E-state index contributed by atoms with van der Waals surface area (Å²) in [5, 5.41) is 0. The van der Waals surface area contributed by atoms with E-state index in [0.29, 0.717) is 17.2 Å². The van der Waals surface area contributed by atoms with Gasteiger partial charge in [-0.05, 0) is 24.5 Å². The summed E-state index contributed by atoms with van der Waals surface area (Å²) in [6.07, 6.45) is 1.21. The van der Waals surface area contributed by atoms with Crippen molar-refractivity contribution in [1.29, 1.82) is 0 Å². The van der Waals surface area contributed by atoms with E-state index in [-0.39, 0.29) is 31.3 Å². The minimum atomic E-state index is -1.36. The van der Waals surface area contributed by atoms with Crippen molar-refractivity contribution in [2.75, 3.05) is 18.6 Å². The Hall–Kier alpha value is -2.37. The summed E-state index contributed by atoms with van der Waals surface area (Å²) in [4.78, 5) is 40.9. The van der Waals surface area contributed by atoms with Crippen LogP contribution in [0.15, 0.2) is 24.3 Å². The Morgan fingerprint density at radius 1 is 1.29 bits per heavy atom. The fraction of sp³-hybridized carbons (Fsp3) is 0.500. The summed E-state index contributed by atoms with van der Waals surface area (Å²) in [6, 6.07) is 6.89. The third-order valence-corrected chi connectivity index (χ3v) is 4.80. The molecule has 1 aromatic rings. The van der Waals surface area contributed by atoms with E-state index in [1.54, 1.807) is 31.3 Å². The maximum absolute atomic E-state index is 12.9. The number of para-hydroxylation sites is 1. The Bertz CT molecular complexity index is 700. The molecule has 0 aliphatic carbocycles. The van der Waals surface area contributed by atoms with E-state index in [0.717, 1.165) is 6.42 Å². The van der Waals surface area contributed by atoms with Gasteiger partial charge in [-0.1, -0.05) is 26.0 Å². The first-order chi connectivity index (χ1) is 11.4. The van der Waals surface area contributed by atoms with Crippen molar-refractivity contribution in [3.63, 3.8) is 0 Å². The predicted molar refractivity (Wildman–Crippen MR) is 88.4 cm³/mol. The van der Waals surface area contributed by atoms with Crippen LogP contribution in [0.5, 0.6) is 0 Å². The van der Waals surface area contributed by atoms with E-state index in [2.05, 4.69) is 0 Å². The molecule has 0 spiro atoms. The zero-order chi connectivity index (χ0) is 17.5. The summed E-state index contributed by atoms with van der Waals surface area (Å²) in [7, 11) is 1.56. The fourth-order valence-corrected chi connectivity index (χ4v) is 3.39. The lowest BCUT2D eigenvalue weighted by Gasteiger charge is -2.46. The molecule has 2 heterocycles. The lowest BCUT2D eigenvalue weighted by atomic mass is 9.97. The molecule has 2 amide bonds. The second-order valence-electron chi connectivity index (χ2n) is 6.75. The smallest absolute Gasteiger partial charge is 0.353 e.